The molecule has 4 aromatic rings. The van der Waals surface area contributed by atoms with Gasteiger partial charge in [-0.15, -0.1) is 0 Å². The monoisotopic (exact) mass is 383 g/mol. The van der Waals surface area contributed by atoms with E-state index in [1.807, 2.05) is 60.7 Å². The first-order valence-corrected chi connectivity index (χ1v) is 9.70. The third-order valence-electron chi connectivity index (χ3n) is 5.68. The van der Waals surface area contributed by atoms with Crippen LogP contribution >= 0.6 is 0 Å². The van der Waals surface area contributed by atoms with E-state index in [0.29, 0.717) is 28.3 Å². The summed E-state index contributed by atoms with van der Waals surface area (Å²) in [6, 6.07) is 20.6. The summed E-state index contributed by atoms with van der Waals surface area (Å²) in [7, 11) is 0. The molecule has 5 heteroatoms. The van der Waals surface area contributed by atoms with E-state index in [2.05, 4.69) is 23.8 Å². The largest absolute Gasteiger partial charge is 0.363 e. The van der Waals surface area contributed by atoms with Crippen LogP contribution in [0.25, 0.3) is 11.0 Å². The zero-order valence-electron chi connectivity index (χ0n) is 16.3. The molecule has 1 unspecified atom stereocenters. The molecule has 2 N–H and O–H groups in total. The maximum absolute atomic E-state index is 13.4. The lowest BCUT2D eigenvalue weighted by atomic mass is 9.93. The number of fused-ring (bicyclic) bond motifs is 2. The van der Waals surface area contributed by atoms with Crippen LogP contribution < -0.4 is 4.90 Å². The number of imidazole rings is 1. The number of H-pyrrole nitrogens is 1. The molecule has 0 fully saturated rings. The van der Waals surface area contributed by atoms with Crippen molar-refractivity contribution in [1.29, 1.82) is 0 Å². The predicted octanol–water partition coefficient (Wildman–Crippen LogP) is 4.54. The molecule has 1 amide bonds. The molecule has 5 rings (SSSR count). The summed E-state index contributed by atoms with van der Waals surface area (Å²) in [4.78, 5) is 22.3. The lowest BCUT2D eigenvalue weighted by Gasteiger charge is -2.35. The van der Waals surface area contributed by atoms with Gasteiger partial charge in [-0.05, 0) is 41.8 Å². The molecular formula is C24H21N3O2. The average Bonchev–Trinajstić information content (AvgIpc) is 3.29. The van der Waals surface area contributed by atoms with Crippen LogP contribution in [0.5, 0.6) is 0 Å². The van der Waals surface area contributed by atoms with E-state index in [9.17, 15) is 9.90 Å². The van der Waals surface area contributed by atoms with Gasteiger partial charge < -0.3 is 10.1 Å². The van der Waals surface area contributed by atoms with Gasteiger partial charge in [0, 0.05) is 22.4 Å². The Labute approximate surface area is 168 Å². The molecule has 0 radical (unpaired) electrons. The minimum Gasteiger partial charge on any atom is -0.363 e. The van der Waals surface area contributed by atoms with E-state index in [1.54, 1.807) is 12.4 Å². The zero-order valence-corrected chi connectivity index (χ0v) is 16.3. The van der Waals surface area contributed by atoms with Crippen molar-refractivity contribution >= 4 is 22.6 Å². The van der Waals surface area contributed by atoms with E-state index < -0.39 is 5.72 Å². The summed E-state index contributed by atoms with van der Waals surface area (Å²) in [5.41, 5.74) is 3.49. The average molecular weight is 383 g/mol. The van der Waals surface area contributed by atoms with Gasteiger partial charge in [0.1, 0.15) is 0 Å². The number of carbonyl (C=O) groups excluding carboxylic acids is 1. The van der Waals surface area contributed by atoms with Crippen LogP contribution in [0.4, 0.5) is 5.69 Å². The maximum Gasteiger partial charge on any atom is 0.261 e. The van der Waals surface area contributed by atoms with Gasteiger partial charge in [-0.2, -0.15) is 0 Å². The quantitative estimate of drug-likeness (QED) is 0.546. The topological polar surface area (TPSA) is 69.2 Å². The zero-order chi connectivity index (χ0) is 20.2. The van der Waals surface area contributed by atoms with Gasteiger partial charge >= 0.3 is 0 Å². The molecule has 1 aromatic heterocycles. The molecule has 0 bridgehead atoms. The number of hydrogen-bond donors (Lipinski definition) is 2. The van der Waals surface area contributed by atoms with Crippen molar-refractivity contribution < 1.29 is 9.90 Å². The van der Waals surface area contributed by atoms with Gasteiger partial charge in [-0.25, -0.2) is 4.98 Å². The summed E-state index contributed by atoms with van der Waals surface area (Å²) in [5.74, 6) is 0.0955. The SMILES string of the molecule is CC(C)c1cccc(N2C(=O)c3ccccc3C2(O)c2ccc3nc[nH]c3c2)c1. The molecule has 0 saturated heterocycles. The highest BCUT2D eigenvalue weighted by molar-refractivity contribution is 6.12. The number of hydrogen-bond acceptors (Lipinski definition) is 3. The number of anilines is 1. The van der Waals surface area contributed by atoms with Crippen LogP contribution in [0.15, 0.2) is 73.1 Å². The smallest absolute Gasteiger partial charge is 0.261 e. The second kappa shape index (κ2) is 6.29. The summed E-state index contributed by atoms with van der Waals surface area (Å²) in [6.07, 6.45) is 1.62. The Morgan fingerprint density at radius 2 is 1.86 bits per heavy atom. The second-order valence-corrected chi connectivity index (χ2v) is 7.74. The molecule has 29 heavy (non-hydrogen) atoms. The molecule has 1 atom stereocenters. The fourth-order valence-electron chi connectivity index (χ4n) is 4.13. The van der Waals surface area contributed by atoms with E-state index in [1.165, 1.54) is 4.90 Å². The minimum absolute atomic E-state index is 0.214. The van der Waals surface area contributed by atoms with Crippen LogP contribution in [-0.4, -0.2) is 21.0 Å². The summed E-state index contributed by atoms with van der Waals surface area (Å²) in [5, 5.41) is 12.1. The first-order valence-electron chi connectivity index (χ1n) is 9.70. The Hall–Kier alpha value is -3.44. The number of amides is 1. The summed E-state index contributed by atoms with van der Waals surface area (Å²) in [6.45, 7) is 4.22. The van der Waals surface area contributed by atoms with Crippen molar-refractivity contribution in [3.63, 3.8) is 0 Å². The Balaban J connectivity index is 1.77. The molecule has 1 aliphatic rings. The molecule has 5 nitrogen and oxygen atoms in total. The highest BCUT2D eigenvalue weighted by atomic mass is 16.3. The molecular weight excluding hydrogens is 362 g/mol. The van der Waals surface area contributed by atoms with Gasteiger partial charge in [0.2, 0.25) is 0 Å². The highest BCUT2D eigenvalue weighted by Crippen LogP contribution is 2.45. The van der Waals surface area contributed by atoms with Crippen molar-refractivity contribution in [2.75, 3.05) is 4.90 Å². The lowest BCUT2D eigenvalue weighted by molar-refractivity contribution is 0.0704. The van der Waals surface area contributed by atoms with Crippen LogP contribution in [0.3, 0.4) is 0 Å². The molecule has 2 heterocycles. The number of aromatic amines is 1. The van der Waals surface area contributed by atoms with Crippen LogP contribution in [0, 0.1) is 0 Å². The van der Waals surface area contributed by atoms with Gasteiger partial charge in [0.05, 0.1) is 17.4 Å². The Kier molecular flexibility index (Phi) is 3.83. The number of rotatable bonds is 3. The number of aliphatic hydroxyl groups is 1. The molecule has 3 aromatic carbocycles. The first kappa shape index (κ1) is 17.6. The lowest BCUT2D eigenvalue weighted by Crippen LogP contribution is -2.45. The number of nitrogens with one attached hydrogen (secondary N) is 1. The predicted molar refractivity (Wildman–Crippen MR) is 113 cm³/mol. The fourth-order valence-corrected chi connectivity index (χ4v) is 4.13. The molecule has 0 spiro atoms. The van der Waals surface area contributed by atoms with E-state index in [-0.39, 0.29) is 5.91 Å². The number of benzene rings is 3. The number of aromatic nitrogens is 2. The Bertz CT molecular complexity index is 1240. The molecule has 1 aliphatic heterocycles. The second-order valence-electron chi connectivity index (χ2n) is 7.74. The van der Waals surface area contributed by atoms with Gasteiger partial charge in [0.25, 0.3) is 5.91 Å². The molecule has 0 saturated carbocycles. The molecule has 0 aliphatic carbocycles. The standard InChI is InChI=1S/C24H21N3O2/c1-15(2)16-6-5-7-18(12-16)27-23(28)19-8-3-4-9-20(19)24(27,29)17-10-11-21-22(13-17)26-14-25-21/h3-15,29H,1-2H3,(H,25,26). The fraction of sp³-hybridized carbons (Fsp3) is 0.167. The van der Waals surface area contributed by atoms with Crippen molar-refractivity contribution in [1.82, 2.24) is 9.97 Å². The van der Waals surface area contributed by atoms with Gasteiger partial charge in [-0.1, -0.05) is 50.2 Å². The van der Waals surface area contributed by atoms with Crippen LogP contribution in [0.2, 0.25) is 0 Å². The van der Waals surface area contributed by atoms with Crippen molar-refractivity contribution in [3.05, 3.63) is 95.3 Å². The van der Waals surface area contributed by atoms with E-state index in [0.717, 1.165) is 16.6 Å². The highest BCUT2D eigenvalue weighted by Gasteiger charge is 2.50. The number of carbonyl (C=O) groups is 1. The van der Waals surface area contributed by atoms with E-state index in [4.69, 9.17) is 0 Å². The Morgan fingerprint density at radius 1 is 1.03 bits per heavy atom. The van der Waals surface area contributed by atoms with Crippen molar-refractivity contribution in [2.24, 2.45) is 0 Å². The van der Waals surface area contributed by atoms with Crippen molar-refractivity contribution in [3.8, 4) is 0 Å². The van der Waals surface area contributed by atoms with Gasteiger partial charge in [0.15, 0.2) is 5.72 Å². The maximum atomic E-state index is 13.4. The van der Waals surface area contributed by atoms with Crippen LogP contribution in [-0.2, 0) is 5.72 Å². The summed E-state index contributed by atoms with van der Waals surface area (Å²) < 4.78 is 0. The normalized spacial score (nSPS) is 18.6. The van der Waals surface area contributed by atoms with E-state index >= 15 is 0 Å². The summed E-state index contributed by atoms with van der Waals surface area (Å²) >= 11 is 0. The first-order chi connectivity index (χ1) is 14.0. The minimum atomic E-state index is -1.61. The van der Waals surface area contributed by atoms with Crippen molar-refractivity contribution in [2.45, 2.75) is 25.5 Å². The third kappa shape index (κ3) is 2.51. The molecule has 144 valence electrons. The Morgan fingerprint density at radius 3 is 2.69 bits per heavy atom. The van der Waals surface area contributed by atoms with Crippen LogP contribution in [0.1, 0.15) is 46.8 Å². The van der Waals surface area contributed by atoms with Gasteiger partial charge in [-0.3, -0.25) is 9.69 Å². The third-order valence-corrected chi connectivity index (χ3v) is 5.68. The number of nitrogens with zero attached hydrogens (tertiary/aromatic N) is 2.